The molecule has 4 rings (SSSR count). The van der Waals surface area contributed by atoms with Crippen molar-refractivity contribution >= 4 is 11.0 Å². The molecule has 0 amide bonds. The van der Waals surface area contributed by atoms with Crippen molar-refractivity contribution in [2.45, 2.75) is 6.92 Å². The predicted molar refractivity (Wildman–Crippen MR) is 98.3 cm³/mol. The number of methoxy groups -OCH3 is 2. The highest BCUT2D eigenvalue weighted by molar-refractivity contribution is 5.91. The molecule has 0 aliphatic carbocycles. The van der Waals surface area contributed by atoms with Gasteiger partial charge in [0.25, 0.3) is 0 Å². The van der Waals surface area contributed by atoms with Crippen molar-refractivity contribution in [2.24, 2.45) is 0 Å². The highest BCUT2D eigenvalue weighted by Crippen LogP contribution is 2.43. The fraction of sp³-hybridized carbons (Fsp3) is 0.250. The predicted octanol–water partition coefficient (Wildman–Crippen LogP) is 3.60. The van der Waals surface area contributed by atoms with E-state index in [1.807, 2.05) is 6.92 Å². The van der Waals surface area contributed by atoms with Gasteiger partial charge in [0.1, 0.15) is 17.2 Å². The van der Waals surface area contributed by atoms with E-state index in [4.69, 9.17) is 28.1 Å². The Morgan fingerprint density at radius 2 is 1.85 bits per heavy atom. The smallest absolute Gasteiger partial charge is 0.231 e. The van der Waals surface area contributed by atoms with Gasteiger partial charge in [-0.15, -0.1) is 0 Å². The molecular formula is C20H18O7. The van der Waals surface area contributed by atoms with E-state index in [1.165, 1.54) is 20.5 Å². The van der Waals surface area contributed by atoms with Crippen molar-refractivity contribution in [1.29, 1.82) is 0 Å². The molecule has 0 N–H and O–H groups in total. The molecule has 1 aliphatic rings. The normalized spacial score (nSPS) is 12.3. The molecule has 1 aromatic heterocycles. The number of fused-ring (bicyclic) bond motifs is 2. The largest absolute Gasteiger partial charge is 0.493 e. The molecule has 0 fully saturated rings. The van der Waals surface area contributed by atoms with Gasteiger partial charge < -0.3 is 28.1 Å². The first-order valence-electron chi connectivity index (χ1n) is 8.41. The molecule has 2 aromatic carbocycles. The van der Waals surface area contributed by atoms with Crippen LogP contribution in [0.1, 0.15) is 6.92 Å². The van der Waals surface area contributed by atoms with Crippen LogP contribution in [-0.2, 0) is 0 Å². The molecule has 0 saturated heterocycles. The maximum absolute atomic E-state index is 13.3. The van der Waals surface area contributed by atoms with Crippen molar-refractivity contribution in [3.63, 3.8) is 0 Å². The van der Waals surface area contributed by atoms with Crippen LogP contribution in [0.25, 0.3) is 22.1 Å². The molecule has 7 heteroatoms. The van der Waals surface area contributed by atoms with Gasteiger partial charge >= 0.3 is 0 Å². The first kappa shape index (κ1) is 17.1. The van der Waals surface area contributed by atoms with E-state index >= 15 is 0 Å². The Balaban J connectivity index is 1.97. The van der Waals surface area contributed by atoms with Gasteiger partial charge in [0.15, 0.2) is 23.0 Å². The zero-order chi connectivity index (χ0) is 19.0. The third kappa shape index (κ3) is 2.71. The molecule has 1 aliphatic heterocycles. The van der Waals surface area contributed by atoms with Crippen LogP contribution in [0.3, 0.4) is 0 Å². The molecule has 2 heterocycles. The van der Waals surface area contributed by atoms with Crippen LogP contribution < -0.4 is 29.1 Å². The highest BCUT2D eigenvalue weighted by Gasteiger charge is 2.23. The summed E-state index contributed by atoms with van der Waals surface area (Å²) < 4.78 is 32.9. The molecular weight excluding hydrogens is 352 g/mol. The lowest BCUT2D eigenvalue weighted by Crippen LogP contribution is -2.08. The first-order valence-corrected chi connectivity index (χ1v) is 8.41. The van der Waals surface area contributed by atoms with Gasteiger partial charge in [0.05, 0.1) is 26.4 Å². The average Bonchev–Trinajstić information content (AvgIpc) is 3.16. The number of rotatable bonds is 5. The highest BCUT2D eigenvalue weighted by atomic mass is 16.7. The Labute approximate surface area is 155 Å². The Kier molecular flexibility index (Phi) is 4.27. The van der Waals surface area contributed by atoms with Crippen molar-refractivity contribution in [1.82, 2.24) is 0 Å². The number of hydrogen-bond donors (Lipinski definition) is 0. The molecule has 0 bridgehead atoms. The zero-order valence-electron chi connectivity index (χ0n) is 15.2. The van der Waals surface area contributed by atoms with Crippen molar-refractivity contribution in [2.75, 3.05) is 27.6 Å². The fourth-order valence-corrected chi connectivity index (χ4v) is 3.10. The molecule has 27 heavy (non-hydrogen) atoms. The van der Waals surface area contributed by atoms with Crippen LogP contribution in [0.4, 0.5) is 0 Å². The van der Waals surface area contributed by atoms with Crippen LogP contribution in [-0.4, -0.2) is 27.6 Å². The summed E-state index contributed by atoms with van der Waals surface area (Å²) in [5.41, 5.74) is 1.15. The summed E-state index contributed by atoms with van der Waals surface area (Å²) in [5.74, 6) is 2.31. The molecule has 0 spiro atoms. The second kappa shape index (κ2) is 6.75. The average molecular weight is 370 g/mol. The van der Waals surface area contributed by atoms with Gasteiger partial charge in [0, 0.05) is 6.07 Å². The van der Waals surface area contributed by atoms with Crippen LogP contribution >= 0.6 is 0 Å². The minimum absolute atomic E-state index is 0.163. The third-order valence-electron chi connectivity index (χ3n) is 4.34. The quantitative estimate of drug-likeness (QED) is 0.679. The SMILES string of the molecule is CCOc1c(OC)cc2occ(-c3ccc4c(c3)OCO4)c(=O)c2c1OC. The lowest BCUT2D eigenvalue weighted by molar-refractivity contribution is 0.174. The second-order valence-corrected chi connectivity index (χ2v) is 5.79. The van der Waals surface area contributed by atoms with Crippen molar-refractivity contribution in [3.8, 4) is 39.9 Å². The summed E-state index contributed by atoms with van der Waals surface area (Å²) in [5, 5.41) is 0.289. The molecule has 0 unspecified atom stereocenters. The van der Waals surface area contributed by atoms with E-state index in [2.05, 4.69) is 0 Å². The summed E-state index contributed by atoms with van der Waals surface area (Å²) >= 11 is 0. The van der Waals surface area contributed by atoms with E-state index in [1.54, 1.807) is 24.3 Å². The minimum Gasteiger partial charge on any atom is -0.493 e. The standard InChI is InChI=1S/C20H18O7/c1-4-24-19-16(22-2)8-15-17(20(19)23-3)18(21)12(9-25-15)11-5-6-13-14(7-11)27-10-26-13/h5-9H,4,10H2,1-3H3. The van der Waals surface area contributed by atoms with E-state index in [-0.39, 0.29) is 23.4 Å². The molecule has 0 saturated carbocycles. The van der Waals surface area contributed by atoms with E-state index in [0.717, 1.165) is 0 Å². The van der Waals surface area contributed by atoms with E-state index < -0.39 is 0 Å². The Bertz CT molecular complexity index is 1070. The van der Waals surface area contributed by atoms with Gasteiger partial charge in [0.2, 0.25) is 18.0 Å². The van der Waals surface area contributed by atoms with Crippen LogP contribution in [0.15, 0.2) is 39.7 Å². The summed E-state index contributed by atoms with van der Waals surface area (Å²) in [6, 6.07) is 6.91. The fourth-order valence-electron chi connectivity index (χ4n) is 3.10. The van der Waals surface area contributed by atoms with Gasteiger partial charge in [-0.1, -0.05) is 6.07 Å². The topological polar surface area (TPSA) is 76.4 Å². The lowest BCUT2D eigenvalue weighted by atomic mass is 10.0. The Morgan fingerprint density at radius 1 is 1.04 bits per heavy atom. The third-order valence-corrected chi connectivity index (χ3v) is 4.34. The van der Waals surface area contributed by atoms with Gasteiger partial charge in [-0.25, -0.2) is 0 Å². The van der Waals surface area contributed by atoms with E-state index in [0.29, 0.717) is 46.3 Å². The summed E-state index contributed by atoms with van der Waals surface area (Å²) in [6.45, 7) is 2.40. The van der Waals surface area contributed by atoms with Crippen LogP contribution in [0.5, 0.6) is 28.7 Å². The van der Waals surface area contributed by atoms with Gasteiger partial charge in [-0.2, -0.15) is 0 Å². The number of hydrogen-bond acceptors (Lipinski definition) is 7. The number of ether oxygens (including phenoxy) is 5. The maximum Gasteiger partial charge on any atom is 0.231 e. The second-order valence-electron chi connectivity index (χ2n) is 5.79. The summed E-state index contributed by atoms with van der Waals surface area (Å²) in [7, 11) is 2.99. The summed E-state index contributed by atoms with van der Waals surface area (Å²) in [4.78, 5) is 13.3. The van der Waals surface area contributed by atoms with E-state index in [9.17, 15) is 4.79 Å². The summed E-state index contributed by atoms with van der Waals surface area (Å²) in [6.07, 6.45) is 1.42. The molecule has 7 nitrogen and oxygen atoms in total. The maximum atomic E-state index is 13.3. The van der Waals surface area contributed by atoms with Gasteiger partial charge in [-0.3, -0.25) is 4.79 Å². The Morgan fingerprint density at radius 3 is 2.59 bits per heavy atom. The van der Waals surface area contributed by atoms with Crippen LogP contribution in [0.2, 0.25) is 0 Å². The monoisotopic (exact) mass is 370 g/mol. The van der Waals surface area contributed by atoms with Crippen molar-refractivity contribution < 1.29 is 28.1 Å². The van der Waals surface area contributed by atoms with Gasteiger partial charge in [-0.05, 0) is 24.6 Å². The molecule has 140 valence electrons. The lowest BCUT2D eigenvalue weighted by Gasteiger charge is -2.15. The molecule has 3 aromatic rings. The zero-order valence-corrected chi connectivity index (χ0v) is 15.2. The number of benzene rings is 2. The minimum atomic E-state index is -0.240. The Hall–Kier alpha value is -3.35. The molecule has 0 radical (unpaired) electrons. The first-order chi connectivity index (χ1) is 13.2. The van der Waals surface area contributed by atoms with Crippen molar-refractivity contribution in [3.05, 3.63) is 40.8 Å². The molecule has 0 atom stereocenters. The van der Waals surface area contributed by atoms with Crippen LogP contribution in [0, 0.1) is 0 Å².